The second-order valence-electron chi connectivity index (χ2n) is 5.75. The molecule has 2 aliphatic heterocycles. The second-order valence-corrected chi connectivity index (χ2v) is 5.75. The van der Waals surface area contributed by atoms with Gasteiger partial charge in [0, 0.05) is 25.6 Å². The average Bonchev–Trinajstić information content (AvgIpc) is 2.81. The quantitative estimate of drug-likeness (QED) is 0.779. The number of hydrogen-bond donors (Lipinski definition) is 0. The Morgan fingerprint density at radius 1 is 1.25 bits per heavy atom. The smallest absolute Gasteiger partial charge is 0.224 e. The van der Waals surface area contributed by atoms with Crippen LogP contribution in [-0.4, -0.2) is 68.1 Å². The number of aryl methyl sites for hydroxylation is 2. The van der Waals surface area contributed by atoms with Gasteiger partial charge < -0.3 is 4.90 Å². The zero-order valence-electron chi connectivity index (χ0n) is 12.0. The fourth-order valence-corrected chi connectivity index (χ4v) is 2.99. The number of likely N-dealkylation sites (tertiary alicyclic amines) is 2. The minimum Gasteiger partial charge on any atom is -0.339 e. The molecule has 0 saturated carbocycles. The van der Waals surface area contributed by atoms with Crippen molar-refractivity contribution in [2.45, 2.75) is 45.2 Å². The molecule has 0 aromatic carbocycles. The summed E-state index contributed by atoms with van der Waals surface area (Å²) < 4.78 is 1.68. The van der Waals surface area contributed by atoms with E-state index in [4.69, 9.17) is 0 Å². The van der Waals surface area contributed by atoms with E-state index in [9.17, 15) is 4.79 Å². The summed E-state index contributed by atoms with van der Waals surface area (Å²) in [7, 11) is 0. The van der Waals surface area contributed by atoms with Gasteiger partial charge in [0.05, 0.1) is 6.54 Å². The largest absolute Gasteiger partial charge is 0.339 e. The zero-order chi connectivity index (χ0) is 13.9. The molecule has 1 amide bonds. The number of rotatable bonds is 4. The number of aromatic nitrogens is 4. The Balaban J connectivity index is 1.40. The van der Waals surface area contributed by atoms with Crippen LogP contribution < -0.4 is 0 Å². The molecule has 0 atom stereocenters. The lowest BCUT2D eigenvalue weighted by molar-refractivity contribution is -0.139. The van der Waals surface area contributed by atoms with Crippen molar-refractivity contribution in [2.24, 2.45) is 0 Å². The van der Waals surface area contributed by atoms with Crippen LogP contribution in [0.5, 0.6) is 0 Å². The normalized spacial score (nSPS) is 20.9. The molecule has 0 bridgehead atoms. The minimum atomic E-state index is 0.216. The molecule has 1 aromatic rings. The Morgan fingerprint density at radius 2 is 2.00 bits per heavy atom. The number of piperidine rings is 1. The molecule has 2 saturated heterocycles. The van der Waals surface area contributed by atoms with Gasteiger partial charge in [-0.2, -0.15) is 0 Å². The number of amides is 1. The zero-order valence-corrected chi connectivity index (χ0v) is 12.0. The van der Waals surface area contributed by atoms with Crippen molar-refractivity contribution in [3.63, 3.8) is 0 Å². The maximum Gasteiger partial charge on any atom is 0.224 e. The highest BCUT2D eigenvalue weighted by Gasteiger charge is 2.34. The predicted octanol–water partition coefficient (Wildman–Crippen LogP) is 0.0683. The first-order valence-electron chi connectivity index (χ1n) is 7.48. The third kappa shape index (κ3) is 2.82. The highest BCUT2D eigenvalue weighted by molar-refractivity contribution is 5.77. The summed E-state index contributed by atoms with van der Waals surface area (Å²) in [6, 6.07) is 0.592. The van der Waals surface area contributed by atoms with Gasteiger partial charge in [-0.1, -0.05) is 6.42 Å². The summed E-state index contributed by atoms with van der Waals surface area (Å²) >= 11 is 0. The van der Waals surface area contributed by atoms with Gasteiger partial charge in [-0.15, -0.1) is 5.10 Å². The van der Waals surface area contributed by atoms with Crippen molar-refractivity contribution in [2.75, 3.05) is 26.2 Å². The monoisotopic (exact) mass is 278 g/mol. The van der Waals surface area contributed by atoms with Crippen LogP contribution in [0.4, 0.5) is 0 Å². The first kappa shape index (κ1) is 13.5. The molecule has 7 nitrogen and oxygen atoms in total. The van der Waals surface area contributed by atoms with Crippen molar-refractivity contribution >= 4 is 5.91 Å². The Kier molecular flexibility index (Phi) is 3.95. The molecular weight excluding hydrogens is 256 g/mol. The minimum absolute atomic E-state index is 0.216. The van der Waals surface area contributed by atoms with Gasteiger partial charge in [0.2, 0.25) is 5.91 Å². The molecule has 110 valence electrons. The van der Waals surface area contributed by atoms with Crippen LogP contribution in [-0.2, 0) is 11.3 Å². The van der Waals surface area contributed by atoms with Gasteiger partial charge in [0.25, 0.3) is 0 Å². The van der Waals surface area contributed by atoms with Gasteiger partial charge in [-0.3, -0.25) is 9.69 Å². The summed E-state index contributed by atoms with van der Waals surface area (Å²) in [4.78, 5) is 16.6. The van der Waals surface area contributed by atoms with Crippen LogP contribution in [0, 0.1) is 6.92 Å². The fourth-order valence-electron chi connectivity index (χ4n) is 2.99. The molecule has 2 aliphatic rings. The molecule has 3 rings (SSSR count). The van der Waals surface area contributed by atoms with Crippen molar-refractivity contribution in [3.8, 4) is 0 Å². The van der Waals surface area contributed by atoms with Crippen LogP contribution in [0.25, 0.3) is 0 Å². The van der Waals surface area contributed by atoms with E-state index in [1.54, 1.807) is 4.68 Å². The van der Waals surface area contributed by atoms with Crippen molar-refractivity contribution in [1.29, 1.82) is 0 Å². The lowest BCUT2D eigenvalue weighted by Gasteiger charge is -2.46. The number of nitrogens with zero attached hydrogens (tertiary/aromatic N) is 6. The van der Waals surface area contributed by atoms with Gasteiger partial charge in [-0.25, -0.2) is 4.68 Å². The average molecular weight is 278 g/mol. The fraction of sp³-hybridized carbons (Fsp3) is 0.846. The van der Waals surface area contributed by atoms with Crippen molar-refractivity contribution in [1.82, 2.24) is 30.0 Å². The Bertz CT molecular complexity index is 461. The Hall–Kier alpha value is -1.50. The van der Waals surface area contributed by atoms with E-state index in [-0.39, 0.29) is 5.91 Å². The molecular formula is C13H22N6O. The summed E-state index contributed by atoms with van der Waals surface area (Å²) in [6.45, 7) is 6.62. The van der Waals surface area contributed by atoms with E-state index < -0.39 is 0 Å². The topological polar surface area (TPSA) is 67.2 Å². The predicted molar refractivity (Wildman–Crippen MR) is 73.0 cm³/mol. The van der Waals surface area contributed by atoms with Crippen LogP contribution in [0.3, 0.4) is 0 Å². The molecule has 0 radical (unpaired) electrons. The van der Waals surface area contributed by atoms with E-state index in [1.165, 1.54) is 32.4 Å². The van der Waals surface area contributed by atoms with E-state index in [0.29, 0.717) is 19.0 Å². The summed E-state index contributed by atoms with van der Waals surface area (Å²) in [5.74, 6) is 0.973. The lowest BCUT2D eigenvalue weighted by atomic mass is 10.0. The molecule has 0 unspecified atom stereocenters. The van der Waals surface area contributed by atoms with Gasteiger partial charge in [0.1, 0.15) is 5.82 Å². The second kappa shape index (κ2) is 5.87. The molecule has 0 aliphatic carbocycles. The number of tetrazole rings is 1. The molecule has 1 aromatic heterocycles. The molecule has 20 heavy (non-hydrogen) atoms. The molecule has 2 fully saturated rings. The lowest BCUT2D eigenvalue weighted by Crippen LogP contribution is -2.61. The highest BCUT2D eigenvalue weighted by atomic mass is 16.2. The maximum absolute atomic E-state index is 12.1. The summed E-state index contributed by atoms with van der Waals surface area (Å²) in [5.41, 5.74) is 0. The van der Waals surface area contributed by atoms with Gasteiger partial charge in [0.15, 0.2) is 0 Å². The first-order valence-corrected chi connectivity index (χ1v) is 7.48. The SMILES string of the molecule is Cc1nnnn1CCC(=O)N1CC(N2CCCCC2)C1. The molecule has 0 N–H and O–H groups in total. The third-order valence-corrected chi connectivity index (χ3v) is 4.37. The van der Waals surface area contributed by atoms with Gasteiger partial charge in [-0.05, 0) is 43.3 Å². The summed E-state index contributed by atoms with van der Waals surface area (Å²) in [5, 5.41) is 11.3. The van der Waals surface area contributed by atoms with E-state index in [1.807, 2.05) is 11.8 Å². The Morgan fingerprint density at radius 3 is 2.65 bits per heavy atom. The molecule has 3 heterocycles. The van der Waals surface area contributed by atoms with Crippen molar-refractivity contribution in [3.05, 3.63) is 5.82 Å². The third-order valence-electron chi connectivity index (χ3n) is 4.37. The van der Waals surface area contributed by atoms with E-state index >= 15 is 0 Å². The molecule has 7 heteroatoms. The van der Waals surface area contributed by atoms with Crippen LogP contribution in [0.15, 0.2) is 0 Å². The first-order chi connectivity index (χ1) is 9.74. The van der Waals surface area contributed by atoms with Gasteiger partial charge >= 0.3 is 0 Å². The van der Waals surface area contributed by atoms with Crippen molar-refractivity contribution < 1.29 is 4.79 Å². The van der Waals surface area contributed by atoms with Crippen LogP contribution >= 0.6 is 0 Å². The maximum atomic E-state index is 12.1. The Labute approximate surface area is 118 Å². The number of hydrogen-bond acceptors (Lipinski definition) is 5. The summed E-state index contributed by atoms with van der Waals surface area (Å²) in [6.07, 6.45) is 4.46. The molecule has 0 spiro atoms. The van der Waals surface area contributed by atoms with Crippen LogP contribution in [0.1, 0.15) is 31.5 Å². The van der Waals surface area contributed by atoms with Crippen LogP contribution in [0.2, 0.25) is 0 Å². The highest BCUT2D eigenvalue weighted by Crippen LogP contribution is 2.20. The number of carbonyl (C=O) groups is 1. The van der Waals surface area contributed by atoms with E-state index in [2.05, 4.69) is 20.4 Å². The number of carbonyl (C=O) groups excluding carboxylic acids is 1. The standard InChI is InChI=1S/C13H22N6O/c1-11-14-15-16-19(11)8-5-13(20)18-9-12(10-18)17-6-3-2-4-7-17/h12H,2-10H2,1H3. The van der Waals surface area contributed by atoms with E-state index in [0.717, 1.165) is 18.9 Å².